The van der Waals surface area contributed by atoms with Crippen LogP contribution in [-0.4, -0.2) is 16.1 Å². The largest absolute Gasteiger partial charge is 0.490 e. The van der Waals surface area contributed by atoms with Gasteiger partial charge in [0, 0.05) is 23.9 Å². The number of hydrogen-bond acceptors (Lipinski definition) is 4. The van der Waals surface area contributed by atoms with Crippen LogP contribution in [0.1, 0.15) is 30.5 Å². The summed E-state index contributed by atoms with van der Waals surface area (Å²) in [5.74, 6) is 1.83. The third-order valence-corrected chi connectivity index (χ3v) is 3.58. The van der Waals surface area contributed by atoms with E-state index >= 15 is 0 Å². The lowest BCUT2D eigenvalue weighted by Gasteiger charge is -2.27. The van der Waals surface area contributed by atoms with Crippen LogP contribution >= 0.6 is 0 Å². The number of nitrogens with one attached hydrogen (secondary N) is 1. The van der Waals surface area contributed by atoms with Crippen LogP contribution in [0.5, 0.6) is 5.75 Å². The van der Waals surface area contributed by atoms with Gasteiger partial charge in [-0.3, -0.25) is 0 Å². The second kappa shape index (κ2) is 5.90. The Morgan fingerprint density at radius 1 is 1.25 bits per heavy atom. The Labute approximate surface area is 119 Å². The Bertz CT molecular complexity index is 581. The van der Waals surface area contributed by atoms with E-state index in [2.05, 4.69) is 21.4 Å². The highest BCUT2D eigenvalue weighted by molar-refractivity contribution is 5.40. The lowest BCUT2D eigenvalue weighted by atomic mass is 9.96. The maximum absolute atomic E-state index is 6.02. The smallest absolute Gasteiger partial charge is 0.129 e. The molecule has 0 amide bonds. The minimum absolute atomic E-state index is 0.400. The molecule has 4 heteroatoms. The fourth-order valence-electron chi connectivity index (χ4n) is 2.17. The molecule has 1 heterocycles. The molecular weight excluding hydrogens is 250 g/mol. The third-order valence-electron chi connectivity index (χ3n) is 3.58. The van der Waals surface area contributed by atoms with Crippen molar-refractivity contribution in [2.24, 2.45) is 0 Å². The van der Waals surface area contributed by atoms with Crippen molar-refractivity contribution in [2.75, 3.05) is 5.32 Å². The van der Waals surface area contributed by atoms with Gasteiger partial charge in [0.2, 0.25) is 0 Å². The van der Waals surface area contributed by atoms with E-state index in [0.717, 1.165) is 22.8 Å². The number of para-hydroxylation sites is 1. The van der Waals surface area contributed by atoms with Crippen molar-refractivity contribution < 1.29 is 4.74 Å². The lowest BCUT2D eigenvalue weighted by Crippen LogP contribution is -2.25. The average molecular weight is 269 g/mol. The molecule has 1 aromatic carbocycles. The van der Waals surface area contributed by atoms with Crippen molar-refractivity contribution in [1.29, 1.82) is 0 Å². The molecule has 1 N–H and O–H groups in total. The van der Waals surface area contributed by atoms with Crippen molar-refractivity contribution in [1.82, 2.24) is 9.97 Å². The summed E-state index contributed by atoms with van der Waals surface area (Å²) < 4.78 is 6.02. The molecule has 4 nitrogen and oxygen atoms in total. The second-order valence-electron chi connectivity index (χ2n) is 5.18. The summed E-state index contributed by atoms with van der Waals surface area (Å²) >= 11 is 0. The summed E-state index contributed by atoms with van der Waals surface area (Å²) in [6.45, 7) is 2.67. The summed E-state index contributed by atoms with van der Waals surface area (Å²) in [7, 11) is 0. The topological polar surface area (TPSA) is 47.0 Å². The van der Waals surface area contributed by atoms with Crippen LogP contribution in [0.3, 0.4) is 0 Å². The Morgan fingerprint density at radius 2 is 2.10 bits per heavy atom. The first kappa shape index (κ1) is 12.9. The molecular formula is C16H19N3O. The van der Waals surface area contributed by atoms with Gasteiger partial charge in [0.05, 0.1) is 6.10 Å². The molecule has 0 unspecified atom stereocenters. The first-order chi connectivity index (χ1) is 9.81. The summed E-state index contributed by atoms with van der Waals surface area (Å²) in [6.07, 6.45) is 5.61. The molecule has 1 aromatic heterocycles. The van der Waals surface area contributed by atoms with Gasteiger partial charge in [-0.15, -0.1) is 0 Å². The molecule has 0 saturated heterocycles. The molecule has 20 heavy (non-hydrogen) atoms. The van der Waals surface area contributed by atoms with Crippen LogP contribution in [0, 0.1) is 6.92 Å². The summed E-state index contributed by atoms with van der Waals surface area (Å²) in [6, 6.07) is 10.1. The van der Waals surface area contributed by atoms with Crippen molar-refractivity contribution in [3.8, 4) is 5.75 Å². The molecule has 1 saturated carbocycles. The molecule has 2 aromatic rings. The van der Waals surface area contributed by atoms with Gasteiger partial charge in [0.15, 0.2) is 0 Å². The number of benzene rings is 1. The maximum atomic E-state index is 6.02. The number of anilines is 1. The number of aromatic nitrogens is 2. The van der Waals surface area contributed by atoms with Crippen LogP contribution < -0.4 is 10.1 Å². The first-order valence-electron chi connectivity index (χ1n) is 7.08. The zero-order valence-electron chi connectivity index (χ0n) is 11.7. The van der Waals surface area contributed by atoms with Crippen LogP contribution in [0.2, 0.25) is 0 Å². The number of nitrogens with zero attached hydrogens (tertiary/aromatic N) is 2. The van der Waals surface area contributed by atoms with Crippen molar-refractivity contribution >= 4 is 5.82 Å². The highest BCUT2D eigenvalue weighted by atomic mass is 16.5. The highest BCUT2D eigenvalue weighted by Crippen LogP contribution is 2.27. The Balaban J connectivity index is 1.67. The highest BCUT2D eigenvalue weighted by Gasteiger charge is 2.20. The normalized spacial score (nSPS) is 14.7. The molecule has 0 spiro atoms. The Morgan fingerprint density at radius 3 is 2.85 bits per heavy atom. The third kappa shape index (κ3) is 3.07. The zero-order chi connectivity index (χ0) is 13.8. The van der Waals surface area contributed by atoms with E-state index in [9.17, 15) is 0 Å². The molecule has 0 atom stereocenters. The molecule has 3 rings (SSSR count). The van der Waals surface area contributed by atoms with E-state index in [0.29, 0.717) is 12.6 Å². The lowest BCUT2D eigenvalue weighted by molar-refractivity contribution is 0.119. The second-order valence-corrected chi connectivity index (χ2v) is 5.18. The average Bonchev–Trinajstić information content (AvgIpc) is 2.42. The molecule has 0 radical (unpaired) electrons. The van der Waals surface area contributed by atoms with Crippen LogP contribution in [0.15, 0.2) is 36.7 Å². The van der Waals surface area contributed by atoms with Crippen LogP contribution in [-0.2, 0) is 6.54 Å². The van der Waals surface area contributed by atoms with Gasteiger partial charge in [-0.25, -0.2) is 9.97 Å². The van der Waals surface area contributed by atoms with Gasteiger partial charge < -0.3 is 10.1 Å². The van der Waals surface area contributed by atoms with E-state index in [4.69, 9.17) is 4.74 Å². The van der Waals surface area contributed by atoms with Crippen LogP contribution in [0.4, 0.5) is 5.82 Å². The maximum Gasteiger partial charge on any atom is 0.129 e. The van der Waals surface area contributed by atoms with E-state index in [1.165, 1.54) is 19.3 Å². The quantitative estimate of drug-likeness (QED) is 0.904. The zero-order valence-corrected chi connectivity index (χ0v) is 11.7. The van der Waals surface area contributed by atoms with Gasteiger partial charge in [-0.1, -0.05) is 18.2 Å². The summed E-state index contributed by atoms with van der Waals surface area (Å²) in [5.41, 5.74) is 2.12. The Hall–Kier alpha value is -2.10. The molecule has 0 aliphatic heterocycles. The first-order valence-corrected chi connectivity index (χ1v) is 7.08. The summed E-state index contributed by atoms with van der Waals surface area (Å²) in [4.78, 5) is 8.30. The number of aryl methyl sites for hydroxylation is 1. The van der Waals surface area contributed by atoms with Gasteiger partial charge in [-0.2, -0.15) is 0 Å². The van der Waals surface area contributed by atoms with E-state index in [-0.39, 0.29) is 0 Å². The molecule has 1 fully saturated rings. The van der Waals surface area contributed by atoms with Gasteiger partial charge in [0.25, 0.3) is 0 Å². The molecule has 104 valence electrons. The van der Waals surface area contributed by atoms with Gasteiger partial charge in [-0.05, 0) is 32.3 Å². The van der Waals surface area contributed by atoms with E-state index < -0.39 is 0 Å². The fraction of sp³-hybridized carbons (Fsp3) is 0.375. The number of ether oxygens (including phenoxy) is 1. The molecule has 1 aliphatic carbocycles. The SMILES string of the molecule is Cc1cc(NCc2ccccc2OC2CCC2)ncn1. The van der Waals surface area contributed by atoms with Crippen molar-refractivity contribution in [2.45, 2.75) is 38.8 Å². The van der Waals surface area contributed by atoms with Crippen LogP contribution in [0.25, 0.3) is 0 Å². The summed E-state index contributed by atoms with van der Waals surface area (Å²) in [5, 5.41) is 3.32. The number of hydrogen-bond donors (Lipinski definition) is 1. The Kier molecular flexibility index (Phi) is 3.81. The van der Waals surface area contributed by atoms with Gasteiger partial charge in [0.1, 0.15) is 17.9 Å². The standard InChI is InChI=1S/C16H19N3O/c1-12-9-16(19-11-18-12)17-10-13-5-2-3-8-15(13)20-14-6-4-7-14/h2-3,5,8-9,11,14H,4,6-7,10H2,1H3,(H,17,18,19). The molecule has 1 aliphatic rings. The fourth-order valence-corrected chi connectivity index (χ4v) is 2.17. The monoisotopic (exact) mass is 269 g/mol. The molecule has 0 bridgehead atoms. The minimum Gasteiger partial charge on any atom is -0.490 e. The minimum atomic E-state index is 0.400. The van der Waals surface area contributed by atoms with Crippen molar-refractivity contribution in [3.05, 3.63) is 47.9 Å². The predicted molar refractivity (Wildman–Crippen MR) is 78.8 cm³/mol. The van der Waals surface area contributed by atoms with Gasteiger partial charge >= 0.3 is 0 Å². The van der Waals surface area contributed by atoms with E-state index in [1.54, 1.807) is 6.33 Å². The van der Waals surface area contributed by atoms with Crippen molar-refractivity contribution in [3.63, 3.8) is 0 Å². The predicted octanol–water partition coefficient (Wildman–Crippen LogP) is 3.33. The number of rotatable bonds is 5. The van der Waals surface area contributed by atoms with E-state index in [1.807, 2.05) is 31.2 Å².